The molecule has 0 spiro atoms. The van der Waals surface area contributed by atoms with E-state index in [1.165, 1.54) is 0 Å². The van der Waals surface area contributed by atoms with Crippen molar-refractivity contribution in [3.8, 4) is 0 Å². The normalized spacial score (nSPS) is 18.4. The van der Waals surface area contributed by atoms with Gasteiger partial charge in [-0.1, -0.05) is 24.3 Å². The average molecular weight is 295 g/mol. The number of hydrogen-bond donors (Lipinski definition) is 1. The number of likely N-dealkylation sites (tertiary alicyclic amines) is 1. The number of carbonyl (C=O) groups is 1. The van der Waals surface area contributed by atoms with E-state index in [4.69, 9.17) is 0 Å². The third-order valence-electron chi connectivity index (χ3n) is 4.11. The Kier molecular flexibility index (Phi) is 4.49. The van der Waals surface area contributed by atoms with Crippen LogP contribution in [0.3, 0.4) is 0 Å². The predicted octanol–water partition coefficient (Wildman–Crippen LogP) is 2.32. The van der Waals surface area contributed by atoms with E-state index in [1.54, 1.807) is 12.2 Å². The fraction of sp³-hybridized carbons (Fsp3) is 0.333. The van der Waals surface area contributed by atoms with Crippen LogP contribution in [0.1, 0.15) is 12.1 Å². The van der Waals surface area contributed by atoms with Crippen molar-refractivity contribution < 1.29 is 4.79 Å². The van der Waals surface area contributed by atoms with E-state index < -0.39 is 0 Å². The summed E-state index contributed by atoms with van der Waals surface area (Å²) in [6.45, 7) is 2.66. The van der Waals surface area contributed by atoms with Gasteiger partial charge in [0.05, 0.1) is 11.2 Å². The van der Waals surface area contributed by atoms with Crippen molar-refractivity contribution in [3.05, 3.63) is 48.2 Å². The minimum absolute atomic E-state index is 0.0774. The molecule has 1 aromatic heterocycles. The summed E-state index contributed by atoms with van der Waals surface area (Å²) < 4.78 is 0. The second-order valence-electron chi connectivity index (χ2n) is 5.76. The maximum atomic E-state index is 12.2. The number of carbonyl (C=O) groups excluding carboxylic acids is 1. The number of amides is 1. The lowest BCUT2D eigenvalue weighted by Gasteiger charge is -2.14. The molecule has 4 nitrogen and oxygen atoms in total. The molecule has 1 amide bonds. The van der Waals surface area contributed by atoms with E-state index in [0.29, 0.717) is 5.92 Å². The number of pyridine rings is 1. The largest absolute Gasteiger partial charge is 0.339 e. The third-order valence-corrected chi connectivity index (χ3v) is 4.11. The first-order valence-corrected chi connectivity index (χ1v) is 7.73. The van der Waals surface area contributed by atoms with Crippen LogP contribution in [0.2, 0.25) is 0 Å². The van der Waals surface area contributed by atoms with Crippen molar-refractivity contribution in [3.63, 3.8) is 0 Å². The zero-order valence-electron chi connectivity index (χ0n) is 12.8. The summed E-state index contributed by atoms with van der Waals surface area (Å²) in [5, 5.41) is 4.29. The Morgan fingerprint density at radius 1 is 1.36 bits per heavy atom. The number of rotatable bonds is 4. The quantitative estimate of drug-likeness (QED) is 0.881. The molecule has 0 aliphatic carbocycles. The average Bonchev–Trinajstić information content (AvgIpc) is 3.01. The van der Waals surface area contributed by atoms with Crippen LogP contribution in [0, 0.1) is 5.92 Å². The molecule has 0 radical (unpaired) electrons. The highest BCUT2D eigenvalue weighted by molar-refractivity contribution is 5.92. The van der Waals surface area contributed by atoms with Gasteiger partial charge in [0.1, 0.15) is 0 Å². The van der Waals surface area contributed by atoms with Crippen LogP contribution < -0.4 is 5.32 Å². The highest BCUT2D eigenvalue weighted by Gasteiger charge is 2.24. The second-order valence-corrected chi connectivity index (χ2v) is 5.76. The van der Waals surface area contributed by atoms with Crippen LogP contribution in [0.4, 0.5) is 0 Å². The Hall–Kier alpha value is -2.20. The summed E-state index contributed by atoms with van der Waals surface area (Å²) in [5.41, 5.74) is 1.77. The lowest BCUT2D eigenvalue weighted by molar-refractivity contribution is -0.125. The molecule has 114 valence electrons. The van der Waals surface area contributed by atoms with Crippen LogP contribution in [-0.4, -0.2) is 42.5 Å². The number of aromatic nitrogens is 1. The minimum Gasteiger partial charge on any atom is -0.339 e. The third kappa shape index (κ3) is 3.34. The molecule has 1 aliphatic heterocycles. The van der Waals surface area contributed by atoms with E-state index in [1.807, 2.05) is 48.3 Å². The van der Waals surface area contributed by atoms with Crippen molar-refractivity contribution in [2.45, 2.75) is 6.42 Å². The molecular formula is C18H21N3O. The zero-order valence-corrected chi connectivity index (χ0v) is 12.8. The van der Waals surface area contributed by atoms with E-state index in [-0.39, 0.29) is 5.91 Å². The van der Waals surface area contributed by atoms with Gasteiger partial charge in [-0.3, -0.25) is 4.79 Å². The van der Waals surface area contributed by atoms with Crippen LogP contribution in [0.15, 0.2) is 42.5 Å². The molecule has 1 fully saturated rings. The first-order chi connectivity index (χ1) is 10.8. The molecule has 4 heteroatoms. The van der Waals surface area contributed by atoms with Crippen LogP contribution >= 0.6 is 0 Å². The lowest BCUT2D eigenvalue weighted by Crippen LogP contribution is -2.28. The SMILES string of the molecule is CNCC1CCN(C(=O)/C=C/c2ccc3ccccc3n2)C1. The highest BCUT2D eigenvalue weighted by atomic mass is 16.2. The van der Waals surface area contributed by atoms with E-state index in [0.717, 1.165) is 42.7 Å². The lowest BCUT2D eigenvalue weighted by atomic mass is 10.1. The Bertz CT molecular complexity index is 696. The number of para-hydroxylation sites is 1. The number of fused-ring (bicyclic) bond motifs is 1. The predicted molar refractivity (Wildman–Crippen MR) is 89.4 cm³/mol. The maximum absolute atomic E-state index is 12.2. The molecule has 2 aromatic rings. The molecule has 1 unspecified atom stereocenters. The second kappa shape index (κ2) is 6.71. The molecule has 2 heterocycles. The van der Waals surface area contributed by atoms with E-state index in [9.17, 15) is 4.79 Å². The molecule has 1 N–H and O–H groups in total. The van der Waals surface area contributed by atoms with Gasteiger partial charge in [-0.25, -0.2) is 4.98 Å². The smallest absolute Gasteiger partial charge is 0.246 e. The Labute approximate surface area is 130 Å². The van der Waals surface area contributed by atoms with Gasteiger partial charge in [0.2, 0.25) is 5.91 Å². The molecule has 0 saturated carbocycles. The summed E-state index contributed by atoms with van der Waals surface area (Å²) in [5.74, 6) is 0.648. The fourth-order valence-electron chi connectivity index (χ4n) is 2.92. The van der Waals surface area contributed by atoms with Crippen LogP contribution in [0.25, 0.3) is 17.0 Å². The number of benzene rings is 1. The fourth-order valence-corrected chi connectivity index (χ4v) is 2.92. The standard InChI is InChI=1S/C18H21N3O/c1-19-12-14-10-11-21(13-14)18(22)9-8-16-7-6-15-4-2-3-5-17(15)20-16/h2-9,14,19H,10-13H2,1H3/b9-8+. The van der Waals surface area contributed by atoms with Gasteiger partial charge in [-0.15, -0.1) is 0 Å². The summed E-state index contributed by atoms with van der Waals surface area (Å²) in [4.78, 5) is 18.7. The first-order valence-electron chi connectivity index (χ1n) is 7.73. The Balaban J connectivity index is 1.66. The van der Waals surface area contributed by atoms with Gasteiger partial charge in [-0.2, -0.15) is 0 Å². The molecule has 0 bridgehead atoms. The summed E-state index contributed by atoms with van der Waals surface area (Å²) >= 11 is 0. The molecule has 3 rings (SSSR count). The first kappa shape index (κ1) is 14.7. The van der Waals surface area contributed by atoms with Crippen molar-refractivity contribution in [1.29, 1.82) is 0 Å². The summed E-state index contributed by atoms with van der Waals surface area (Å²) in [6.07, 6.45) is 4.52. The molecule has 1 atom stereocenters. The Morgan fingerprint density at radius 3 is 3.09 bits per heavy atom. The summed E-state index contributed by atoms with van der Waals surface area (Å²) in [7, 11) is 1.95. The maximum Gasteiger partial charge on any atom is 0.246 e. The van der Waals surface area contributed by atoms with Gasteiger partial charge in [0.15, 0.2) is 0 Å². The zero-order chi connectivity index (χ0) is 15.4. The van der Waals surface area contributed by atoms with Crippen molar-refractivity contribution in [2.75, 3.05) is 26.7 Å². The van der Waals surface area contributed by atoms with Crippen molar-refractivity contribution in [2.24, 2.45) is 5.92 Å². The Morgan fingerprint density at radius 2 is 2.23 bits per heavy atom. The number of nitrogens with one attached hydrogen (secondary N) is 1. The molecular weight excluding hydrogens is 274 g/mol. The van der Waals surface area contributed by atoms with Gasteiger partial charge < -0.3 is 10.2 Å². The number of hydrogen-bond acceptors (Lipinski definition) is 3. The number of nitrogens with zero attached hydrogens (tertiary/aromatic N) is 2. The molecule has 1 aromatic carbocycles. The van der Waals surface area contributed by atoms with Crippen molar-refractivity contribution >= 4 is 22.9 Å². The minimum atomic E-state index is 0.0774. The van der Waals surface area contributed by atoms with Crippen LogP contribution in [0.5, 0.6) is 0 Å². The van der Waals surface area contributed by atoms with Gasteiger partial charge >= 0.3 is 0 Å². The van der Waals surface area contributed by atoms with Crippen molar-refractivity contribution in [1.82, 2.24) is 15.2 Å². The topological polar surface area (TPSA) is 45.2 Å². The molecule has 1 aliphatic rings. The van der Waals surface area contributed by atoms with E-state index in [2.05, 4.69) is 10.3 Å². The van der Waals surface area contributed by atoms with Gasteiger partial charge in [-0.05, 0) is 44.1 Å². The van der Waals surface area contributed by atoms with Crippen LogP contribution in [-0.2, 0) is 4.79 Å². The molecule has 22 heavy (non-hydrogen) atoms. The van der Waals surface area contributed by atoms with Gasteiger partial charge in [0.25, 0.3) is 0 Å². The van der Waals surface area contributed by atoms with Gasteiger partial charge in [0, 0.05) is 24.6 Å². The van der Waals surface area contributed by atoms with E-state index >= 15 is 0 Å². The summed E-state index contributed by atoms with van der Waals surface area (Å²) in [6, 6.07) is 12.0. The highest BCUT2D eigenvalue weighted by Crippen LogP contribution is 2.16. The molecule has 1 saturated heterocycles. The monoisotopic (exact) mass is 295 g/mol.